The van der Waals surface area contributed by atoms with Gasteiger partial charge in [-0.15, -0.1) is 0 Å². The van der Waals surface area contributed by atoms with E-state index in [9.17, 15) is 9.50 Å². The van der Waals surface area contributed by atoms with E-state index in [1.807, 2.05) is 6.92 Å². The Morgan fingerprint density at radius 3 is 2.71 bits per heavy atom. The first-order valence-electron chi connectivity index (χ1n) is 4.76. The topological polar surface area (TPSA) is 46.2 Å². The monoisotopic (exact) mass is 197 g/mol. The maximum absolute atomic E-state index is 13.2. The van der Waals surface area contributed by atoms with Gasteiger partial charge >= 0.3 is 0 Å². The van der Waals surface area contributed by atoms with E-state index in [0.29, 0.717) is 17.5 Å². The van der Waals surface area contributed by atoms with Gasteiger partial charge in [0.05, 0.1) is 12.1 Å². The smallest absolute Gasteiger partial charge is 0.126 e. The average Bonchev–Trinajstić information content (AvgIpc) is 2.20. The molecule has 0 aliphatic rings. The second-order valence-electron chi connectivity index (χ2n) is 3.46. The van der Waals surface area contributed by atoms with Crippen LogP contribution in [0.4, 0.5) is 4.39 Å². The van der Waals surface area contributed by atoms with Crippen LogP contribution in [0.2, 0.25) is 0 Å². The van der Waals surface area contributed by atoms with Crippen LogP contribution in [-0.4, -0.2) is 11.2 Å². The molecule has 3 heteroatoms. The predicted molar refractivity (Wildman–Crippen MR) is 54.4 cm³/mol. The lowest BCUT2D eigenvalue weighted by atomic mass is 9.96. The highest BCUT2D eigenvalue weighted by Gasteiger charge is 2.17. The molecule has 0 unspecified atom stereocenters. The zero-order valence-electron chi connectivity index (χ0n) is 8.50. The molecular formula is C11H16FNO. The molecule has 3 N–H and O–H groups in total. The van der Waals surface area contributed by atoms with Gasteiger partial charge in [0.1, 0.15) is 5.82 Å². The van der Waals surface area contributed by atoms with Gasteiger partial charge in [-0.1, -0.05) is 19.1 Å². The molecule has 0 heterocycles. The van der Waals surface area contributed by atoms with Gasteiger partial charge < -0.3 is 10.8 Å². The molecule has 0 fully saturated rings. The fourth-order valence-electron chi connectivity index (χ4n) is 1.45. The Morgan fingerprint density at radius 2 is 2.14 bits per heavy atom. The van der Waals surface area contributed by atoms with Gasteiger partial charge in [-0.2, -0.15) is 0 Å². The zero-order chi connectivity index (χ0) is 10.7. The first-order chi connectivity index (χ1) is 6.57. The third kappa shape index (κ3) is 2.11. The number of hydrogen-bond acceptors (Lipinski definition) is 2. The van der Waals surface area contributed by atoms with Gasteiger partial charge in [-0.25, -0.2) is 4.39 Å². The molecule has 0 saturated heterocycles. The van der Waals surface area contributed by atoms with Crippen molar-refractivity contribution in [1.29, 1.82) is 0 Å². The fraction of sp³-hybridized carbons (Fsp3) is 0.455. The molecular weight excluding hydrogens is 181 g/mol. The summed E-state index contributed by atoms with van der Waals surface area (Å²) in [6, 6.07) is 4.25. The van der Waals surface area contributed by atoms with E-state index in [0.717, 1.165) is 0 Å². The number of hydrogen-bond donors (Lipinski definition) is 2. The summed E-state index contributed by atoms with van der Waals surface area (Å²) >= 11 is 0. The van der Waals surface area contributed by atoms with E-state index in [4.69, 9.17) is 5.73 Å². The van der Waals surface area contributed by atoms with E-state index < -0.39 is 12.1 Å². The summed E-state index contributed by atoms with van der Waals surface area (Å²) in [6.45, 7) is 3.52. The minimum atomic E-state index is -0.615. The quantitative estimate of drug-likeness (QED) is 0.777. The fourth-order valence-corrected chi connectivity index (χ4v) is 1.45. The molecule has 2 atom stereocenters. The number of nitrogens with two attached hydrogens (primary N) is 1. The molecule has 0 aliphatic heterocycles. The van der Waals surface area contributed by atoms with Crippen LogP contribution in [0.15, 0.2) is 18.2 Å². The van der Waals surface area contributed by atoms with Crippen molar-refractivity contribution >= 4 is 0 Å². The van der Waals surface area contributed by atoms with Crippen molar-refractivity contribution < 1.29 is 9.50 Å². The number of halogens is 1. The Bertz CT molecular complexity index is 314. The Morgan fingerprint density at radius 1 is 1.50 bits per heavy atom. The molecule has 1 rings (SSSR count). The summed E-state index contributed by atoms with van der Waals surface area (Å²) in [7, 11) is 0. The summed E-state index contributed by atoms with van der Waals surface area (Å²) in [5.74, 6) is -0.277. The van der Waals surface area contributed by atoms with Crippen LogP contribution in [0.5, 0.6) is 0 Å². The average molecular weight is 197 g/mol. The maximum Gasteiger partial charge on any atom is 0.126 e. The van der Waals surface area contributed by atoms with Crippen LogP contribution in [0.1, 0.15) is 30.5 Å². The van der Waals surface area contributed by atoms with Crippen molar-refractivity contribution in [3.63, 3.8) is 0 Å². The van der Waals surface area contributed by atoms with E-state index >= 15 is 0 Å². The minimum absolute atomic E-state index is 0.277. The molecule has 14 heavy (non-hydrogen) atoms. The lowest BCUT2D eigenvalue weighted by Gasteiger charge is -2.19. The molecule has 2 nitrogen and oxygen atoms in total. The van der Waals surface area contributed by atoms with E-state index in [-0.39, 0.29) is 5.82 Å². The molecule has 0 spiro atoms. The van der Waals surface area contributed by atoms with Crippen LogP contribution < -0.4 is 5.73 Å². The number of aliphatic hydroxyl groups excluding tert-OH is 1. The second kappa shape index (κ2) is 4.53. The first kappa shape index (κ1) is 11.1. The number of rotatable bonds is 3. The lowest BCUT2D eigenvalue weighted by Crippen LogP contribution is -2.26. The highest BCUT2D eigenvalue weighted by molar-refractivity contribution is 5.30. The van der Waals surface area contributed by atoms with Crippen LogP contribution >= 0.6 is 0 Å². The third-order valence-electron chi connectivity index (χ3n) is 2.50. The summed E-state index contributed by atoms with van der Waals surface area (Å²) in [6.07, 6.45) is -0.0487. The lowest BCUT2D eigenvalue weighted by molar-refractivity contribution is 0.140. The van der Waals surface area contributed by atoms with Crippen LogP contribution in [0, 0.1) is 12.7 Å². The van der Waals surface area contributed by atoms with Crippen molar-refractivity contribution in [3.8, 4) is 0 Å². The van der Waals surface area contributed by atoms with Crippen molar-refractivity contribution in [2.45, 2.75) is 32.4 Å². The molecule has 0 aliphatic carbocycles. The van der Waals surface area contributed by atoms with Gasteiger partial charge in [-0.3, -0.25) is 0 Å². The van der Waals surface area contributed by atoms with Crippen LogP contribution in [0.3, 0.4) is 0 Å². The summed E-state index contributed by atoms with van der Waals surface area (Å²) < 4.78 is 13.2. The van der Waals surface area contributed by atoms with Crippen molar-refractivity contribution in [2.75, 3.05) is 0 Å². The van der Waals surface area contributed by atoms with E-state index in [2.05, 4.69) is 0 Å². The Kier molecular flexibility index (Phi) is 3.61. The van der Waals surface area contributed by atoms with Crippen molar-refractivity contribution in [3.05, 3.63) is 35.1 Å². The SMILES string of the molecule is CC[C@H](O)[C@H](N)c1cccc(F)c1C. The molecule has 78 valence electrons. The third-order valence-corrected chi connectivity index (χ3v) is 2.50. The van der Waals surface area contributed by atoms with Crippen LogP contribution in [0.25, 0.3) is 0 Å². The van der Waals surface area contributed by atoms with Gasteiger partial charge in [0, 0.05) is 0 Å². The van der Waals surface area contributed by atoms with Crippen molar-refractivity contribution in [2.24, 2.45) is 5.73 Å². The van der Waals surface area contributed by atoms with Crippen molar-refractivity contribution in [1.82, 2.24) is 0 Å². The summed E-state index contributed by atoms with van der Waals surface area (Å²) in [4.78, 5) is 0. The van der Waals surface area contributed by atoms with Gasteiger partial charge in [-0.05, 0) is 30.5 Å². The minimum Gasteiger partial charge on any atom is -0.391 e. The molecule has 0 aromatic heterocycles. The number of aliphatic hydroxyl groups is 1. The zero-order valence-corrected chi connectivity index (χ0v) is 8.50. The molecule has 0 radical (unpaired) electrons. The summed E-state index contributed by atoms with van der Waals surface area (Å²) in [5.41, 5.74) is 7.00. The Labute approximate surface area is 83.6 Å². The number of benzene rings is 1. The van der Waals surface area contributed by atoms with E-state index in [1.165, 1.54) is 6.07 Å². The normalized spacial score (nSPS) is 15.2. The predicted octanol–water partition coefficient (Wildman–Crippen LogP) is 1.90. The standard InChI is InChI=1S/C11H16FNO/c1-3-10(14)11(13)8-5-4-6-9(12)7(8)2/h4-6,10-11,14H,3,13H2,1-2H3/t10-,11+/m0/s1. The first-order valence-corrected chi connectivity index (χ1v) is 4.76. The molecule has 0 bridgehead atoms. The Hall–Kier alpha value is -0.930. The highest BCUT2D eigenvalue weighted by Crippen LogP contribution is 2.21. The largest absolute Gasteiger partial charge is 0.391 e. The maximum atomic E-state index is 13.2. The second-order valence-corrected chi connectivity index (χ2v) is 3.46. The van der Waals surface area contributed by atoms with Gasteiger partial charge in [0.25, 0.3) is 0 Å². The van der Waals surface area contributed by atoms with Gasteiger partial charge in [0.15, 0.2) is 0 Å². The van der Waals surface area contributed by atoms with E-state index in [1.54, 1.807) is 19.1 Å². The van der Waals surface area contributed by atoms with Gasteiger partial charge in [0.2, 0.25) is 0 Å². The summed E-state index contributed by atoms with van der Waals surface area (Å²) in [5, 5.41) is 9.55. The molecule has 0 saturated carbocycles. The molecule has 0 amide bonds. The molecule has 1 aromatic carbocycles. The molecule has 1 aromatic rings. The van der Waals surface area contributed by atoms with Crippen LogP contribution in [-0.2, 0) is 0 Å². The Balaban J connectivity index is 3.01. The highest BCUT2D eigenvalue weighted by atomic mass is 19.1.